The van der Waals surface area contributed by atoms with Crippen molar-refractivity contribution in [1.82, 2.24) is 5.23 Å². The summed E-state index contributed by atoms with van der Waals surface area (Å²) in [4.78, 5) is 11.3. The molecule has 14 heavy (non-hydrogen) atoms. The molecule has 0 saturated carbocycles. The Kier molecular flexibility index (Phi) is 3.57. The molecule has 0 fully saturated rings. The van der Waals surface area contributed by atoms with Gasteiger partial charge in [-0.05, 0) is 19.0 Å². The summed E-state index contributed by atoms with van der Waals surface area (Å²) in [6.45, 7) is 5.93. The summed E-state index contributed by atoms with van der Waals surface area (Å²) >= 11 is 0. The summed E-state index contributed by atoms with van der Waals surface area (Å²) < 4.78 is 0. The highest BCUT2D eigenvalue weighted by Gasteiger charge is 2.22. The Morgan fingerprint density at radius 1 is 1.14 bits per heavy atom. The maximum absolute atomic E-state index is 11.3. The van der Waals surface area contributed by atoms with Gasteiger partial charge >= 0.3 is 6.98 Å². The van der Waals surface area contributed by atoms with Gasteiger partial charge in [0, 0.05) is 5.69 Å². The molecule has 1 aliphatic rings. The number of amides is 1. The number of anilines is 1. The highest BCUT2D eigenvalue weighted by Crippen LogP contribution is 2.17. The van der Waals surface area contributed by atoms with Crippen molar-refractivity contribution in [3.63, 3.8) is 0 Å². The van der Waals surface area contributed by atoms with E-state index in [2.05, 4.69) is 10.5 Å². The van der Waals surface area contributed by atoms with Crippen molar-refractivity contribution in [2.45, 2.75) is 20.7 Å². The molecule has 0 radical (unpaired) electrons. The first-order valence-corrected chi connectivity index (χ1v) is 4.94. The van der Waals surface area contributed by atoms with E-state index < -0.39 is 0 Å². The Labute approximate surface area is 85.0 Å². The monoisotopic (exact) mass is 190 g/mol. The molecule has 3 nitrogen and oxygen atoms in total. The Morgan fingerprint density at radius 2 is 1.79 bits per heavy atom. The lowest BCUT2D eigenvalue weighted by Gasteiger charge is -2.21. The molecule has 74 valence electrons. The summed E-state index contributed by atoms with van der Waals surface area (Å²) in [6, 6.07) is 7.49. The minimum atomic E-state index is -0.00292. The van der Waals surface area contributed by atoms with E-state index in [1.807, 2.05) is 44.9 Å². The number of fused-ring (bicyclic) bond motifs is 1. The smallest absolute Gasteiger partial charge is 0.369 e. The molecule has 0 unspecified atom stereocenters. The molecular formula is C10H15BN2O. The first kappa shape index (κ1) is 10.6. The molecule has 2 rings (SSSR count). The van der Waals surface area contributed by atoms with Crippen molar-refractivity contribution >= 4 is 18.6 Å². The molecule has 1 heterocycles. The molecule has 0 spiro atoms. The number of hydrogen-bond donors (Lipinski definition) is 2. The minimum Gasteiger partial charge on any atom is -0.409 e. The van der Waals surface area contributed by atoms with Crippen molar-refractivity contribution in [2.75, 3.05) is 5.23 Å². The highest BCUT2D eigenvalue weighted by atomic mass is 16.1. The first-order valence-electron chi connectivity index (χ1n) is 4.94. The van der Waals surface area contributed by atoms with Gasteiger partial charge in [-0.1, -0.05) is 26.0 Å². The largest absolute Gasteiger partial charge is 0.409 e. The number of nitrogens with one attached hydrogen (secondary N) is 2. The molecule has 1 aliphatic heterocycles. The van der Waals surface area contributed by atoms with Crippen molar-refractivity contribution in [3.8, 4) is 0 Å². The van der Waals surface area contributed by atoms with E-state index in [9.17, 15) is 4.79 Å². The first-order chi connectivity index (χ1) is 6.77. The van der Waals surface area contributed by atoms with E-state index in [-0.39, 0.29) is 12.9 Å². The topological polar surface area (TPSA) is 41.1 Å². The van der Waals surface area contributed by atoms with Crippen LogP contribution in [-0.2, 0) is 0 Å². The number of hydrogen-bond acceptors (Lipinski definition) is 2. The number of carbonyl (C=O) groups is 1. The quantitative estimate of drug-likeness (QED) is 0.614. The second-order valence-corrected chi connectivity index (χ2v) is 2.89. The standard InChI is InChI=1S/C8H9BN2O.C2H6/c1-9-10-7-5-3-2-4-6(7)8(12)11-9;1-2/h2-5,10H,1H3,(H,11,12);1-2H3. The zero-order valence-electron chi connectivity index (χ0n) is 8.79. The third-order valence-electron chi connectivity index (χ3n) is 1.89. The van der Waals surface area contributed by atoms with Crippen LogP contribution in [0.4, 0.5) is 5.69 Å². The van der Waals surface area contributed by atoms with Crippen molar-refractivity contribution < 1.29 is 4.79 Å². The summed E-state index contributed by atoms with van der Waals surface area (Å²) in [7, 11) is 0. The number of benzene rings is 1. The molecule has 0 bridgehead atoms. The summed E-state index contributed by atoms with van der Waals surface area (Å²) in [6.07, 6.45) is 0. The molecule has 0 saturated heterocycles. The average molecular weight is 190 g/mol. The third kappa shape index (κ3) is 2.07. The van der Waals surface area contributed by atoms with E-state index in [1.165, 1.54) is 0 Å². The minimum absolute atomic E-state index is 0.00292. The van der Waals surface area contributed by atoms with Crippen LogP contribution >= 0.6 is 0 Å². The highest BCUT2D eigenvalue weighted by molar-refractivity contribution is 6.63. The Hall–Kier alpha value is -1.45. The van der Waals surface area contributed by atoms with Gasteiger partial charge in [0.2, 0.25) is 5.91 Å². The molecule has 1 aromatic carbocycles. The fourth-order valence-electron chi connectivity index (χ4n) is 1.35. The van der Waals surface area contributed by atoms with Gasteiger partial charge in [0.05, 0.1) is 5.56 Å². The van der Waals surface area contributed by atoms with Gasteiger partial charge in [-0.2, -0.15) is 0 Å². The van der Waals surface area contributed by atoms with Crippen LogP contribution in [0.3, 0.4) is 0 Å². The van der Waals surface area contributed by atoms with Crippen LogP contribution in [-0.4, -0.2) is 12.9 Å². The number of rotatable bonds is 0. The molecular weight excluding hydrogens is 175 g/mol. The predicted molar refractivity (Wildman–Crippen MR) is 60.5 cm³/mol. The Morgan fingerprint density at radius 3 is 2.50 bits per heavy atom. The van der Waals surface area contributed by atoms with E-state index in [4.69, 9.17) is 0 Å². The van der Waals surface area contributed by atoms with Crippen molar-refractivity contribution in [3.05, 3.63) is 29.8 Å². The van der Waals surface area contributed by atoms with Gasteiger partial charge in [-0.3, -0.25) is 4.79 Å². The zero-order valence-corrected chi connectivity index (χ0v) is 8.79. The molecule has 1 amide bonds. The normalized spacial score (nSPS) is 13.1. The maximum Gasteiger partial charge on any atom is 0.369 e. The second-order valence-electron chi connectivity index (χ2n) is 2.89. The van der Waals surface area contributed by atoms with E-state index in [0.29, 0.717) is 0 Å². The summed E-state index contributed by atoms with van der Waals surface area (Å²) in [5.41, 5.74) is 1.63. The molecule has 0 aromatic heterocycles. The van der Waals surface area contributed by atoms with Gasteiger partial charge in [0.1, 0.15) is 0 Å². The molecule has 0 aliphatic carbocycles. The number of carbonyl (C=O) groups excluding carboxylic acids is 1. The third-order valence-corrected chi connectivity index (χ3v) is 1.89. The van der Waals surface area contributed by atoms with Gasteiger partial charge in [0.15, 0.2) is 0 Å². The molecule has 2 N–H and O–H groups in total. The molecule has 4 heteroatoms. The van der Waals surface area contributed by atoms with E-state index >= 15 is 0 Å². The van der Waals surface area contributed by atoms with Crippen LogP contribution in [0.2, 0.25) is 6.82 Å². The summed E-state index contributed by atoms with van der Waals surface area (Å²) in [5.74, 6) is -0.00292. The average Bonchev–Trinajstić information content (AvgIpc) is 2.20. The Bertz CT molecular complexity index is 328. The lowest BCUT2D eigenvalue weighted by molar-refractivity contribution is 0.0978. The maximum atomic E-state index is 11.3. The second kappa shape index (κ2) is 4.70. The lowest BCUT2D eigenvalue weighted by Crippen LogP contribution is -2.46. The predicted octanol–water partition coefficient (Wildman–Crippen LogP) is 1.99. The van der Waals surface area contributed by atoms with Crippen LogP contribution in [0.1, 0.15) is 24.2 Å². The van der Waals surface area contributed by atoms with Gasteiger partial charge in [0.25, 0.3) is 0 Å². The Balaban J connectivity index is 0.000000461. The van der Waals surface area contributed by atoms with Crippen LogP contribution < -0.4 is 10.5 Å². The SMILES string of the molecule is CB1NC(=O)c2ccccc2N1.CC. The van der Waals surface area contributed by atoms with Crippen molar-refractivity contribution in [2.24, 2.45) is 0 Å². The van der Waals surface area contributed by atoms with Crippen molar-refractivity contribution in [1.29, 1.82) is 0 Å². The molecule has 1 aromatic rings. The van der Waals surface area contributed by atoms with Crippen LogP contribution in [0, 0.1) is 0 Å². The van der Waals surface area contributed by atoms with Crippen LogP contribution in [0.5, 0.6) is 0 Å². The lowest BCUT2D eigenvalue weighted by atomic mass is 9.77. The van der Waals surface area contributed by atoms with E-state index in [1.54, 1.807) is 0 Å². The van der Waals surface area contributed by atoms with Gasteiger partial charge in [-0.15, -0.1) is 0 Å². The zero-order chi connectivity index (χ0) is 10.6. The van der Waals surface area contributed by atoms with Gasteiger partial charge < -0.3 is 10.5 Å². The van der Waals surface area contributed by atoms with Crippen LogP contribution in [0.25, 0.3) is 0 Å². The van der Waals surface area contributed by atoms with Crippen LogP contribution in [0.15, 0.2) is 24.3 Å². The van der Waals surface area contributed by atoms with Gasteiger partial charge in [-0.25, -0.2) is 0 Å². The van der Waals surface area contributed by atoms with E-state index in [0.717, 1.165) is 11.3 Å². The summed E-state index contributed by atoms with van der Waals surface area (Å²) in [5, 5.41) is 5.94. The fourth-order valence-corrected chi connectivity index (χ4v) is 1.35. The number of para-hydroxylation sites is 1. The fraction of sp³-hybridized carbons (Fsp3) is 0.300. The molecule has 0 atom stereocenters.